The van der Waals surface area contributed by atoms with E-state index in [2.05, 4.69) is 21.2 Å². The van der Waals surface area contributed by atoms with Gasteiger partial charge in [-0.1, -0.05) is 46.3 Å². The minimum absolute atomic E-state index is 0.107. The Labute approximate surface area is 187 Å². The molecule has 30 heavy (non-hydrogen) atoms. The summed E-state index contributed by atoms with van der Waals surface area (Å²) in [6, 6.07) is 20.6. The van der Waals surface area contributed by atoms with Crippen molar-refractivity contribution in [3.63, 3.8) is 0 Å². The second kappa shape index (κ2) is 8.98. The molecular weight excluding hydrogens is 460 g/mol. The lowest BCUT2D eigenvalue weighted by Gasteiger charge is -2.17. The molecule has 0 spiro atoms. The molecular formula is C24H19BrN2O2S. The number of fused-ring (bicyclic) bond motifs is 1. The lowest BCUT2D eigenvalue weighted by molar-refractivity contribution is 0.0997. The van der Waals surface area contributed by atoms with Crippen molar-refractivity contribution in [3.8, 4) is 0 Å². The Balaban J connectivity index is 1.51. The van der Waals surface area contributed by atoms with Crippen LogP contribution in [-0.2, 0) is 0 Å². The molecule has 4 rings (SSSR count). The van der Waals surface area contributed by atoms with Gasteiger partial charge in [0.05, 0.1) is 17.8 Å². The molecule has 1 N–H and O–H groups in total. The lowest BCUT2D eigenvalue weighted by Crippen LogP contribution is -2.16. The summed E-state index contributed by atoms with van der Waals surface area (Å²) in [6.07, 6.45) is 0.329. The smallest absolute Gasteiger partial charge is 0.255 e. The van der Waals surface area contributed by atoms with Gasteiger partial charge in [-0.2, -0.15) is 0 Å². The number of nitrogens with one attached hydrogen (secondary N) is 1. The molecule has 4 nitrogen and oxygen atoms in total. The minimum atomic E-state index is -0.168. The van der Waals surface area contributed by atoms with Crippen LogP contribution in [0.1, 0.15) is 32.7 Å². The van der Waals surface area contributed by atoms with Gasteiger partial charge in [-0.15, -0.1) is 11.8 Å². The first-order valence-corrected chi connectivity index (χ1v) is 11.3. The third-order valence-electron chi connectivity index (χ3n) is 4.79. The maximum absolute atomic E-state index is 12.6. The highest BCUT2D eigenvalue weighted by Crippen LogP contribution is 2.33. The molecule has 0 saturated carbocycles. The predicted octanol–water partition coefficient (Wildman–Crippen LogP) is 6.46. The number of benzene rings is 3. The van der Waals surface area contributed by atoms with E-state index < -0.39 is 0 Å². The van der Waals surface area contributed by atoms with Crippen molar-refractivity contribution in [2.75, 3.05) is 11.1 Å². The molecule has 1 heterocycles. The fourth-order valence-electron chi connectivity index (χ4n) is 3.27. The van der Waals surface area contributed by atoms with Gasteiger partial charge in [0.1, 0.15) is 0 Å². The first-order valence-electron chi connectivity index (χ1n) is 9.49. The SMILES string of the molecule is Cc1cccc2c1N=C(CSc1ccccc1NC(=O)c1cccc(Br)c1)CC2=O. The van der Waals surface area contributed by atoms with Crippen molar-refractivity contribution in [1.82, 2.24) is 0 Å². The van der Waals surface area contributed by atoms with Gasteiger partial charge >= 0.3 is 0 Å². The topological polar surface area (TPSA) is 58.5 Å². The van der Waals surface area contributed by atoms with Crippen molar-refractivity contribution in [2.24, 2.45) is 4.99 Å². The van der Waals surface area contributed by atoms with Crippen LogP contribution in [-0.4, -0.2) is 23.2 Å². The van der Waals surface area contributed by atoms with E-state index in [1.54, 1.807) is 23.9 Å². The molecule has 0 aromatic heterocycles. The molecule has 0 atom stereocenters. The van der Waals surface area contributed by atoms with Crippen molar-refractivity contribution in [3.05, 3.63) is 87.9 Å². The summed E-state index contributed by atoms with van der Waals surface area (Å²) in [5.74, 6) is 0.526. The van der Waals surface area contributed by atoms with Crippen LogP contribution in [0.3, 0.4) is 0 Å². The van der Waals surface area contributed by atoms with Crippen LogP contribution in [0.5, 0.6) is 0 Å². The maximum atomic E-state index is 12.6. The second-order valence-corrected chi connectivity index (χ2v) is 8.93. The molecule has 0 bridgehead atoms. The Morgan fingerprint density at radius 3 is 2.73 bits per heavy atom. The third-order valence-corrected chi connectivity index (χ3v) is 6.43. The number of amides is 1. The monoisotopic (exact) mass is 478 g/mol. The van der Waals surface area contributed by atoms with Gasteiger partial charge in [0.2, 0.25) is 0 Å². The van der Waals surface area contributed by atoms with Crippen LogP contribution in [0.2, 0.25) is 0 Å². The minimum Gasteiger partial charge on any atom is -0.321 e. The number of aliphatic imine (C=N–C) groups is 1. The number of Topliss-reactive ketones (excluding diaryl/α,β-unsaturated/α-hetero) is 1. The average Bonchev–Trinajstić information content (AvgIpc) is 2.74. The molecule has 1 aliphatic heterocycles. The number of anilines is 1. The quantitative estimate of drug-likeness (QED) is 0.428. The molecule has 1 aliphatic rings. The van der Waals surface area contributed by atoms with E-state index in [9.17, 15) is 9.59 Å². The summed E-state index contributed by atoms with van der Waals surface area (Å²) in [7, 11) is 0. The number of ketones is 1. The molecule has 0 aliphatic carbocycles. The number of carbonyl (C=O) groups is 2. The zero-order valence-electron chi connectivity index (χ0n) is 16.3. The van der Waals surface area contributed by atoms with Crippen LogP contribution >= 0.6 is 27.7 Å². The third kappa shape index (κ3) is 4.55. The Morgan fingerprint density at radius 2 is 1.90 bits per heavy atom. The molecule has 0 radical (unpaired) electrons. The van der Waals surface area contributed by atoms with E-state index in [-0.39, 0.29) is 11.7 Å². The highest BCUT2D eigenvalue weighted by molar-refractivity contribution is 9.10. The van der Waals surface area contributed by atoms with Gasteiger partial charge in [-0.05, 0) is 48.9 Å². The molecule has 3 aromatic rings. The summed E-state index contributed by atoms with van der Waals surface area (Å²) < 4.78 is 0.855. The summed E-state index contributed by atoms with van der Waals surface area (Å²) in [4.78, 5) is 30.8. The van der Waals surface area contributed by atoms with E-state index in [1.165, 1.54) is 0 Å². The summed E-state index contributed by atoms with van der Waals surface area (Å²) in [6.45, 7) is 1.97. The van der Waals surface area contributed by atoms with Crippen molar-refractivity contribution < 1.29 is 9.59 Å². The van der Waals surface area contributed by atoms with Gasteiger partial charge in [0, 0.05) is 32.0 Å². The number of nitrogens with zero attached hydrogens (tertiary/aromatic N) is 1. The Bertz CT molecular complexity index is 1170. The van der Waals surface area contributed by atoms with Gasteiger partial charge in [-0.3, -0.25) is 14.6 Å². The van der Waals surface area contributed by atoms with Gasteiger partial charge < -0.3 is 5.32 Å². The zero-order valence-corrected chi connectivity index (χ0v) is 18.7. The molecule has 150 valence electrons. The van der Waals surface area contributed by atoms with Gasteiger partial charge in [-0.25, -0.2) is 0 Å². The number of aryl methyl sites for hydroxylation is 1. The van der Waals surface area contributed by atoms with Gasteiger partial charge in [0.15, 0.2) is 5.78 Å². The summed E-state index contributed by atoms with van der Waals surface area (Å²) in [5, 5.41) is 2.99. The highest BCUT2D eigenvalue weighted by atomic mass is 79.9. The zero-order chi connectivity index (χ0) is 21.1. The first kappa shape index (κ1) is 20.6. The number of halogens is 1. The normalized spacial score (nSPS) is 12.9. The van der Waals surface area contributed by atoms with Crippen molar-refractivity contribution >= 4 is 56.5 Å². The van der Waals surface area contributed by atoms with Crippen LogP contribution in [0, 0.1) is 6.92 Å². The number of hydrogen-bond acceptors (Lipinski definition) is 4. The molecule has 6 heteroatoms. The lowest BCUT2D eigenvalue weighted by atomic mass is 9.98. The van der Waals surface area contributed by atoms with E-state index in [1.807, 2.05) is 61.5 Å². The van der Waals surface area contributed by atoms with Crippen LogP contribution in [0.25, 0.3) is 0 Å². The maximum Gasteiger partial charge on any atom is 0.255 e. The largest absolute Gasteiger partial charge is 0.321 e. The van der Waals surface area contributed by atoms with E-state index in [4.69, 9.17) is 4.99 Å². The number of thioether (sulfide) groups is 1. The Hall–Kier alpha value is -2.70. The molecule has 0 fully saturated rings. The van der Waals surface area contributed by atoms with Crippen LogP contribution < -0.4 is 5.32 Å². The molecule has 0 saturated heterocycles. The Morgan fingerprint density at radius 1 is 1.10 bits per heavy atom. The fourth-order valence-corrected chi connectivity index (χ4v) is 4.61. The number of rotatable bonds is 5. The van der Waals surface area contributed by atoms with E-state index >= 15 is 0 Å². The predicted molar refractivity (Wildman–Crippen MR) is 126 cm³/mol. The summed E-state index contributed by atoms with van der Waals surface area (Å²) >= 11 is 4.97. The first-order chi connectivity index (χ1) is 14.5. The Kier molecular flexibility index (Phi) is 6.16. The number of carbonyl (C=O) groups excluding carboxylic acids is 2. The van der Waals surface area contributed by atoms with E-state index in [0.29, 0.717) is 23.3 Å². The number of para-hydroxylation sites is 2. The molecule has 3 aromatic carbocycles. The van der Waals surface area contributed by atoms with Gasteiger partial charge in [0.25, 0.3) is 5.91 Å². The molecule has 0 unspecified atom stereocenters. The van der Waals surface area contributed by atoms with Crippen LogP contribution in [0.4, 0.5) is 11.4 Å². The second-order valence-electron chi connectivity index (χ2n) is 7.00. The van der Waals surface area contributed by atoms with Crippen LogP contribution in [0.15, 0.2) is 81.1 Å². The van der Waals surface area contributed by atoms with Crippen molar-refractivity contribution in [1.29, 1.82) is 0 Å². The average molecular weight is 479 g/mol. The highest BCUT2D eigenvalue weighted by Gasteiger charge is 2.21. The summed E-state index contributed by atoms with van der Waals surface area (Å²) in [5.41, 5.74) is 4.65. The van der Waals surface area contributed by atoms with E-state index in [0.717, 1.165) is 32.0 Å². The fraction of sp³-hybridized carbons (Fsp3) is 0.125. The number of hydrogen-bond donors (Lipinski definition) is 1. The molecule has 1 amide bonds. The van der Waals surface area contributed by atoms with Crippen molar-refractivity contribution in [2.45, 2.75) is 18.2 Å². The standard InChI is InChI=1S/C24H19BrN2O2S/c1-15-6-4-9-19-21(28)13-18(26-23(15)19)14-30-22-11-3-2-10-20(22)27-24(29)16-7-5-8-17(25)12-16/h2-12H,13-14H2,1H3,(H,27,29).